The van der Waals surface area contributed by atoms with Crippen molar-refractivity contribution in [3.63, 3.8) is 0 Å². The molecule has 12 rings (SSSR count). The lowest BCUT2D eigenvalue weighted by Crippen LogP contribution is -2.54. The van der Waals surface area contributed by atoms with Crippen LogP contribution in [0, 0.1) is 35.5 Å². The highest BCUT2D eigenvalue weighted by Gasteiger charge is 2.51. The average Bonchev–Trinajstić information content (AvgIpc) is 1.56. The molecule has 2 amide bonds. The molecule has 86 heavy (non-hydrogen) atoms. The van der Waals surface area contributed by atoms with E-state index in [9.17, 15) is 46.9 Å². The number of carbonyl (C=O) groups excluding carboxylic acids is 2. The maximum Gasteiger partial charge on any atom is 0.264 e. The second-order valence-corrected chi connectivity index (χ2v) is 32.0. The maximum atomic E-state index is 13.4. The van der Waals surface area contributed by atoms with Crippen LogP contribution >= 0.6 is 23.2 Å². The number of rotatable bonds is 2. The third kappa shape index (κ3) is 12.3. The first-order chi connectivity index (χ1) is 40.9. The molecule has 2 spiro atoms. The van der Waals surface area contributed by atoms with Gasteiger partial charge in [-0.15, -0.1) is 0 Å². The van der Waals surface area contributed by atoms with Gasteiger partial charge in [0, 0.05) is 58.2 Å². The van der Waals surface area contributed by atoms with Crippen molar-refractivity contribution >= 4 is 66.4 Å². The standard InChI is InChI=1S/2C33H43ClN2O6S/c2*1-21-5-3-14-33(39,19-37)28-10-7-25(28)17-36-18-32(13-4-6-23-15-26(34)9-11-27(23)32)20-42-30-12-8-24(16-29(30)36)31(38)35-43(40,41)22(21)2/h2*8-9,11-12,15-16,21-22,25,28,37,39H,3-7,10,13-14,17-20H2,1-2H3,(H,35,38)/t21-,22+,25-,28+,32-,33+;21-,22+,25-,28+,32-,33-/m00/s1. The van der Waals surface area contributed by atoms with Crippen LogP contribution in [0.5, 0.6) is 11.5 Å². The van der Waals surface area contributed by atoms with Gasteiger partial charge in [0.1, 0.15) is 11.5 Å². The summed E-state index contributed by atoms with van der Waals surface area (Å²) in [6.07, 6.45) is 12.4. The number of sulfonamides is 2. The molecule has 4 aromatic rings. The topological polar surface area (TPSA) is 232 Å². The van der Waals surface area contributed by atoms with Crippen molar-refractivity contribution in [2.75, 3.05) is 62.4 Å². The number of aryl methyl sites for hydroxylation is 2. The van der Waals surface area contributed by atoms with E-state index in [-0.39, 0.29) is 70.7 Å². The van der Waals surface area contributed by atoms with Gasteiger partial charge in [-0.2, -0.15) is 0 Å². The van der Waals surface area contributed by atoms with Crippen molar-refractivity contribution in [3.8, 4) is 11.5 Å². The van der Waals surface area contributed by atoms with Gasteiger partial charge < -0.3 is 39.7 Å². The number of amides is 2. The first-order valence-electron chi connectivity index (χ1n) is 31.3. The fourth-order valence-corrected chi connectivity index (χ4v) is 18.9. The number of hydrogen-bond acceptors (Lipinski definition) is 14. The van der Waals surface area contributed by atoms with E-state index in [4.69, 9.17) is 32.7 Å². The zero-order chi connectivity index (χ0) is 61.1. The van der Waals surface area contributed by atoms with Crippen LogP contribution in [0.15, 0.2) is 72.8 Å². The number of aliphatic hydroxyl groups is 4. The number of carbonyl (C=O) groups is 2. The maximum absolute atomic E-state index is 13.4. The predicted octanol–water partition coefficient (Wildman–Crippen LogP) is 9.66. The van der Waals surface area contributed by atoms with Crippen LogP contribution in [0.25, 0.3) is 0 Å². The van der Waals surface area contributed by atoms with Crippen LogP contribution in [0.1, 0.15) is 161 Å². The monoisotopic (exact) mass is 1260 g/mol. The van der Waals surface area contributed by atoms with Gasteiger partial charge >= 0.3 is 0 Å². The highest BCUT2D eigenvalue weighted by molar-refractivity contribution is 7.91. The van der Waals surface area contributed by atoms with Crippen LogP contribution in [-0.2, 0) is 43.7 Å². The number of benzene rings is 4. The molecule has 2 saturated carbocycles. The van der Waals surface area contributed by atoms with E-state index in [0.29, 0.717) is 99.5 Å². The summed E-state index contributed by atoms with van der Waals surface area (Å²) < 4.78 is 70.6. The summed E-state index contributed by atoms with van der Waals surface area (Å²) in [4.78, 5) is 31.3. The Balaban J connectivity index is 0.000000179. The molecule has 16 nitrogen and oxygen atoms in total. The van der Waals surface area contributed by atoms with E-state index < -0.39 is 53.6 Å². The number of anilines is 2. The minimum absolute atomic E-state index is 0.0747. The number of nitrogens with one attached hydrogen (secondary N) is 2. The van der Waals surface area contributed by atoms with Gasteiger partial charge in [0.15, 0.2) is 0 Å². The molecule has 0 radical (unpaired) electrons. The Kier molecular flexibility index (Phi) is 18.0. The minimum Gasteiger partial charge on any atom is -0.490 e. The Morgan fingerprint density at radius 1 is 0.547 bits per heavy atom. The molecule has 4 aliphatic heterocycles. The molecule has 468 valence electrons. The van der Waals surface area contributed by atoms with E-state index in [0.717, 1.165) is 75.6 Å². The second-order valence-electron chi connectivity index (χ2n) is 27.1. The van der Waals surface area contributed by atoms with E-state index in [1.165, 1.54) is 22.3 Å². The summed E-state index contributed by atoms with van der Waals surface area (Å²) in [6.45, 7) is 9.78. The molecule has 4 heterocycles. The van der Waals surface area contributed by atoms with Crippen molar-refractivity contribution in [1.29, 1.82) is 0 Å². The molecule has 20 heteroatoms. The summed E-state index contributed by atoms with van der Waals surface area (Å²) in [6, 6.07) is 22.5. The normalized spacial score (nSPS) is 34.2. The highest BCUT2D eigenvalue weighted by atomic mass is 35.5. The van der Waals surface area contributed by atoms with Crippen LogP contribution in [0.3, 0.4) is 0 Å². The van der Waals surface area contributed by atoms with Crippen LogP contribution < -0.4 is 28.7 Å². The number of halogens is 2. The lowest BCUT2D eigenvalue weighted by molar-refractivity contribution is -0.118. The first kappa shape index (κ1) is 62.9. The second kappa shape index (κ2) is 24.6. The van der Waals surface area contributed by atoms with Crippen LogP contribution in [-0.4, -0.2) is 123 Å². The highest BCUT2D eigenvalue weighted by Crippen LogP contribution is 2.51. The van der Waals surface area contributed by atoms with Crippen molar-refractivity contribution < 1.29 is 56.3 Å². The molecule has 4 bridgehead atoms. The first-order valence-corrected chi connectivity index (χ1v) is 35.1. The van der Waals surface area contributed by atoms with Crippen LogP contribution in [0.4, 0.5) is 11.4 Å². The lowest BCUT2D eigenvalue weighted by Gasteiger charge is -2.49. The molecule has 2 fully saturated rings. The average molecular weight is 1260 g/mol. The zero-order valence-corrected chi connectivity index (χ0v) is 53.2. The van der Waals surface area contributed by atoms with E-state index in [1.54, 1.807) is 50.2 Å². The predicted molar refractivity (Wildman–Crippen MR) is 335 cm³/mol. The number of fused-ring (bicyclic) bond motifs is 8. The summed E-state index contributed by atoms with van der Waals surface area (Å²) >= 11 is 12.8. The molecule has 4 aliphatic carbocycles. The molecule has 0 unspecified atom stereocenters. The Morgan fingerprint density at radius 2 is 0.953 bits per heavy atom. The van der Waals surface area contributed by atoms with E-state index >= 15 is 0 Å². The van der Waals surface area contributed by atoms with Crippen molar-refractivity contribution in [2.45, 2.75) is 163 Å². The van der Waals surface area contributed by atoms with Gasteiger partial charge in [0.05, 0.1) is 59.5 Å². The van der Waals surface area contributed by atoms with Crippen molar-refractivity contribution in [2.24, 2.45) is 35.5 Å². The lowest BCUT2D eigenvalue weighted by atomic mass is 9.63. The summed E-state index contributed by atoms with van der Waals surface area (Å²) in [5, 5.41) is 44.1. The fraction of sp³-hybridized carbons (Fsp3) is 0.606. The third-order valence-electron chi connectivity index (χ3n) is 21.9. The van der Waals surface area contributed by atoms with E-state index in [1.807, 2.05) is 26.0 Å². The summed E-state index contributed by atoms with van der Waals surface area (Å²) in [5.74, 6) is -0.335. The Bertz CT molecular complexity index is 3220. The molecule has 6 N–H and O–H groups in total. The van der Waals surface area contributed by atoms with Gasteiger partial charge in [0.25, 0.3) is 11.8 Å². The van der Waals surface area contributed by atoms with E-state index in [2.05, 4.69) is 43.5 Å². The Hall–Kier alpha value is -4.66. The molecular weight excluding hydrogens is 1180 g/mol. The molecule has 12 atom stereocenters. The molecule has 0 aromatic heterocycles. The number of aliphatic hydroxyl groups excluding tert-OH is 2. The smallest absolute Gasteiger partial charge is 0.264 e. The fourth-order valence-electron chi connectivity index (χ4n) is 15.9. The largest absolute Gasteiger partial charge is 0.490 e. The van der Waals surface area contributed by atoms with Crippen molar-refractivity contribution in [1.82, 2.24) is 9.44 Å². The Morgan fingerprint density at radius 3 is 1.33 bits per heavy atom. The van der Waals surface area contributed by atoms with Gasteiger partial charge in [-0.25, -0.2) is 26.3 Å². The Labute approximate surface area is 517 Å². The summed E-state index contributed by atoms with van der Waals surface area (Å²) in [7, 11) is -7.89. The molecular formula is C66H86Cl2N4O12S2. The molecule has 0 saturated heterocycles. The SMILES string of the molecule is C[C@@H]1[C@@H](C)CCC[C@@](O)(CO)[C@@H]2CC[C@H]2CN2C[C@@]3(CCCc4cc(Cl)ccc43)COc3ccc(cc32)C(=O)NS1(=O)=O.C[C@@H]1[C@@H](C)CCC[C@](O)(CO)[C@@H]2CC[C@H]2CN2C[C@@]3(CCCc4cc(Cl)ccc43)COc3ccc(cc32)C(=O)NS1(=O)=O. The van der Waals surface area contributed by atoms with Gasteiger partial charge in [-0.05, 0) is 222 Å². The molecule has 8 aliphatic rings. The minimum atomic E-state index is -3.95. The van der Waals surface area contributed by atoms with Gasteiger partial charge in [0.2, 0.25) is 20.0 Å². The number of hydrogen-bond donors (Lipinski definition) is 6. The third-order valence-corrected chi connectivity index (χ3v) is 26.2. The quantitative estimate of drug-likeness (QED) is 0.110. The number of nitrogens with zero attached hydrogens (tertiary/aromatic N) is 2. The number of ether oxygens (including phenoxy) is 2. The molecule has 4 aromatic carbocycles. The summed E-state index contributed by atoms with van der Waals surface area (Å²) in [5.41, 5.74) is 3.86. The van der Waals surface area contributed by atoms with Gasteiger partial charge in [-0.1, -0.05) is 62.0 Å². The van der Waals surface area contributed by atoms with Crippen molar-refractivity contribution in [3.05, 3.63) is 116 Å². The van der Waals surface area contributed by atoms with Gasteiger partial charge in [-0.3, -0.25) is 9.59 Å². The zero-order valence-electron chi connectivity index (χ0n) is 50.0. The van der Waals surface area contributed by atoms with Crippen LogP contribution in [0.2, 0.25) is 10.0 Å².